The molecule has 2 saturated carbocycles. The Morgan fingerprint density at radius 3 is 2.41 bits per heavy atom. The first kappa shape index (κ1) is 33.6. The highest BCUT2D eigenvalue weighted by molar-refractivity contribution is 6.00. The average Bonchev–Trinajstić information content (AvgIpc) is 3.48. The topological polar surface area (TPSA) is 137 Å². The number of nitrogens with one attached hydrogen (secondary N) is 4. The summed E-state index contributed by atoms with van der Waals surface area (Å²) in [5.41, 5.74) is 0.923. The minimum atomic E-state index is -0.883. The summed E-state index contributed by atoms with van der Waals surface area (Å²) < 4.78 is 17.1. The van der Waals surface area contributed by atoms with Gasteiger partial charge in [-0.05, 0) is 80.5 Å². The number of anilines is 1. The first-order valence-corrected chi connectivity index (χ1v) is 16.3. The number of hydrogen-bond acceptors (Lipinski definition) is 6. The Morgan fingerprint density at radius 2 is 1.80 bits per heavy atom. The van der Waals surface area contributed by atoms with Crippen molar-refractivity contribution in [3.8, 4) is 0 Å². The van der Waals surface area contributed by atoms with Crippen molar-refractivity contribution < 1.29 is 23.9 Å². The lowest BCUT2D eigenvalue weighted by Crippen LogP contribution is -2.51. The van der Waals surface area contributed by atoms with E-state index >= 15 is 4.39 Å². The lowest BCUT2D eigenvalue weighted by atomic mass is 9.79. The van der Waals surface area contributed by atoms with Gasteiger partial charge >= 0.3 is 0 Å². The van der Waals surface area contributed by atoms with Crippen LogP contribution in [0.5, 0.6) is 0 Å². The molecule has 3 unspecified atom stereocenters. The van der Waals surface area contributed by atoms with E-state index in [9.17, 15) is 19.5 Å². The van der Waals surface area contributed by atoms with E-state index in [1.165, 1.54) is 18.6 Å². The number of benzene rings is 1. The van der Waals surface area contributed by atoms with E-state index in [2.05, 4.69) is 33.3 Å². The van der Waals surface area contributed by atoms with Crippen LogP contribution >= 0.6 is 0 Å². The Balaban J connectivity index is 1.48. The number of aromatic nitrogens is 2. The Hall–Kier alpha value is -3.31. The number of carbonyl (C=O) groups excluding carboxylic acids is 3. The maximum atomic E-state index is 15.5. The molecule has 10 nitrogen and oxygen atoms in total. The quantitative estimate of drug-likeness (QED) is 0.202. The van der Waals surface area contributed by atoms with Crippen LogP contribution in [0.1, 0.15) is 101 Å². The SMILES string of the molecule is CCC(O)NC(C(=O)NCC1CCC1)C(C)c1ccc(NC(=O)[C@@H](NC(=O)c2ccnn2CC)[C@H]2CC[C@H](C)CC2)c(F)c1. The van der Waals surface area contributed by atoms with Gasteiger partial charge in [-0.15, -0.1) is 0 Å². The summed E-state index contributed by atoms with van der Waals surface area (Å²) in [7, 11) is 0. The van der Waals surface area contributed by atoms with E-state index in [0.717, 1.165) is 38.5 Å². The van der Waals surface area contributed by atoms with Crippen molar-refractivity contribution in [2.75, 3.05) is 11.9 Å². The van der Waals surface area contributed by atoms with Gasteiger partial charge in [-0.25, -0.2) is 4.39 Å². The molecule has 0 saturated heterocycles. The van der Waals surface area contributed by atoms with Gasteiger partial charge in [-0.2, -0.15) is 5.10 Å². The number of carbonyl (C=O) groups is 3. The van der Waals surface area contributed by atoms with Gasteiger partial charge in [0, 0.05) is 25.2 Å². The minimum Gasteiger partial charge on any atom is -0.379 e. The number of amides is 3. The van der Waals surface area contributed by atoms with Gasteiger partial charge in [0.2, 0.25) is 11.8 Å². The summed E-state index contributed by atoms with van der Waals surface area (Å²) in [4.78, 5) is 39.9. The number of aliphatic hydroxyl groups excluding tert-OH is 1. The van der Waals surface area contributed by atoms with Crippen molar-refractivity contribution >= 4 is 23.4 Å². The van der Waals surface area contributed by atoms with Crippen LogP contribution in [0.4, 0.5) is 10.1 Å². The summed E-state index contributed by atoms with van der Waals surface area (Å²) >= 11 is 0. The highest BCUT2D eigenvalue weighted by atomic mass is 19.1. The van der Waals surface area contributed by atoms with E-state index in [1.54, 1.807) is 23.0 Å². The molecule has 2 aromatic rings. The molecule has 0 bridgehead atoms. The summed E-state index contributed by atoms with van der Waals surface area (Å²) in [5.74, 6) is -1.25. The molecule has 1 aromatic carbocycles. The van der Waals surface area contributed by atoms with E-state index in [4.69, 9.17) is 0 Å². The molecule has 4 rings (SSSR count). The minimum absolute atomic E-state index is 0.000475. The maximum absolute atomic E-state index is 15.5. The monoisotopic (exact) mass is 612 g/mol. The molecule has 1 heterocycles. The molecule has 1 aromatic heterocycles. The van der Waals surface area contributed by atoms with Gasteiger partial charge < -0.3 is 21.1 Å². The van der Waals surface area contributed by atoms with Crippen LogP contribution in [-0.2, 0) is 16.1 Å². The second kappa shape index (κ2) is 15.6. The van der Waals surface area contributed by atoms with Crippen LogP contribution in [0.25, 0.3) is 0 Å². The van der Waals surface area contributed by atoms with Gasteiger partial charge in [0.05, 0.1) is 11.7 Å². The van der Waals surface area contributed by atoms with Crippen LogP contribution < -0.4 is 21.3 Å². The largest absolute Gasteiger partial charge is 0.379 e. The van der Waals surface area contributed by atoms with Crippen LogP contribution in [0, 0.1) is 23.6 Å². The van der Waals surface area contributed by atoms with Crippen molar-refractivity contribution in [1.82, 2.24) is 25.7 Å². The van der Waals surface area contributed by atoms with Crippen molar-refractivity contribution in [3.05, 3.63) is 47.5 Å². The van der Waals surface area contributed by atoms with Crippen molar-refractivity contribution in [2.24, 2.45) is 17.8 Å². The number of nitrogens with zero attached hydrogens (tertiary/aromatic N) is 2. The molecule has 0 radical (unpaired) electrons. The van der Waals surface area contributed by atoms with E-state index < -0.39 is 41.9 Å². The van der Waals surface area contributed by atoms with Crippen molar-refractivity contribution in [3.63, 3.8) is 0 Å². The summed E-state index contributed by atoms with van der Waals surface area (Å²) in [5, 5.41) is 26.1. The van der Waals surface area contributed by atoms with Crippen LogP contribution in [-0.4, -0.2) is 57.5 Å². The Bertz CT molecular complexity index is 1270. The van der Waals surface area contributed by atoms with Gasteiger partial charge in [-0.1, -0.05) is 46.1 Å². The third-order valence-electron chi connectivity index (χ3n) is 9.46. The summed E-state index contributed by atoms with van der Waals surface area (Å²) in [6.07, 6.45) is 7.92. The average molecular weight is 613 g/mol. The lowest BCUT2D eigenvalue weighted by Gasteiger charge is -2.32. The molecule has 3 amide bonds. The predicted octanol–water partition coefficient (Wildman–Crippen LogP) is 4.31. The molecule has 5 N–H and O–H groups in total. The van der Waals surface area contributed by atoms with Crippen LogP contribution in [0.3, 0.4) is 0 Å². The normalized spacial score (nSPS) is 21.4. The molecule has 4 atom stereocenters. The molecule has 44 heavy (non-hydrogen) atoms. The zero-order valence-corrected chi connectivity index (χ0v) is 26.4. The number of hydrogen-bond donors (Lipinski definition) is 5. The number of rotatable bonds is 14. The fourth-order valence-corrected chi connectivity index (χ4v) is 6.15. The third-order valence-corrected chi connectivity index (χ3v) is 9.46. The van der Waals surface area contributed by atoms with E-state index in [0.29, 0.717) is 42.6 Å². The standard InChI is InChI=1S/C33H49FN6O4/c1-5-28(41)38-29(32(43)35-19-22-8-7-9-22)21(4)24-14-15-26(25(34)18-24)37-33(44)30(23-12-10-20(3)11-13-23)39-31(42)27-16-17-36-40(27)6-2/h14-18,20-23,28-30,38,41H,5-13,19H2,1-4H3,(H,35,43)(H,37,44)(H,39,42)/t20-,21?,23-,28?,29?,30-/m0/s1. The second-order valence-electron chi connectivity index (χ2n) is 12.6. The fraction of sp³-hybridized carbons (Fsp3) is 0.636. The molecular formula is C33H49FN6O4. The van der Waals surface area contributed by atoms with Crippen molar-refractivity contribution in [1.29, 1.82) is 0 Å². The number of aliphatic hydroxyl groups is 1. The molecular weight excluding hydrogens is 563 g/mol. The molecule has 11 heteroatoms. The molecule has 2 aliphatic carbocycles. The Kier molecular flexibility index (Phi) is 11.9. The molecule has 2 aliphatic rings. The zero-order chi connectivity index (χ0) is 31.8. The summed E-state index contributed by atoms with van der Waals surface area (Å²) in [6.45, 7) is 8.79. The van der Waals surface area contributed by atoms with E-state index in [-0.39, 0.29) is 17.5 Å². The zero-order valence-electron chi connectivity index (χ0n) is 26.4. The van der Waals surface area contributed by atoms with E-state index in [1.807, 2.05) is 20.8 Å². The predicted molar refractivity (Wildman–Crippen MR) is 167 cm³/mol. The number of aryl methyl sites for hydroxylation is 1. The number of halogens is 1. The van der Waals surface area contributed by atoms with Crippen molar-refractivity contribution in [2.45, 2.75) is 110 Å². The molecule has 242 valence electrons. The first-order valence-electron chi connectivity index (χ1n) is 16.3. The van der Waals surface area contributed by atoms with Gasteiger partial charge in [0.15, 0.2) is 0 Å². The fourth-order valence-electron chi connectivity index (χ4n) is 6.15. The highest BCUT2D eigenvalue weighted by Gasteiger charge is 2.34. The Morgan fingerprint density at radius 1 is 1.07 bits per heavy atom. The third kappa shape index (κ3) is 8.44. The Labute approximate surface area is 259 Å². The maximum Gasteiger partial charge on any atom is 0.270 e. The van der Waals surface area contributed by atoms with Gasteiger partial charge in [-0.3, -0.25) is 24.4 Å². The first-order chi connectivity index (χ1) is 21.1. The summed E-state index contributed by atoms with van der Waals surface area (Å²) in [6, 6.07) is 4.51. The smallest absolute Gasteiger partial charge is 0.270 e. The second-order valence-corrected chi connectivity index (χ2v) is 12.6. The molecule has 0 spiro atoms. The molecule has 0 aliphatic heterocycles. The van der Waals surface area contributed by atoms with Gasteiger partial charge in [0.25, 0.3) is 5.91 Å². The highest BCUT2D eigenvalue weighted by Crippen LogP contribution is 2.32. The lowest BCUT2D eigenvalue weighted by molar-refractivity contribution is -0.125. The van der Waals surface area contributed by atoms with Gasteiger partial charge in [0.1, 0.15) is 23.8 Å². The molecule has 2 fully saturated rings. The van der Waals surface area contributed by atoms with Crippen LogP contribution in [0.15, 0.2) is 30.5 Å². The van der Waals surface area contributed by atoms with Crippen LogP contribution in [0.2, 0.25) is 0 Å².